The van der Waals surface area contributed by atoms with Gasteiger partial charge in [0.15, 0.2) is 0 Å². The maximum Gasteiger partial charge on any atom is 0.126 e. The predicted molar refractivity (Wildman–Crippen MR) is 68.2 cm³/mol. The lowest BCUT2D eigenvalue weighted by Crippen LogP contribution is -1.86. The molecule has 0 aliphatic heterocycles. The van der Waals surface area contributed by atoms with Crippen molar-refractivity contribution in [3.8, 4) is 11.1 Å². The van der Waals surface area contributed by atoms with Crippen LogP contribution in [-0.4, -0.2) is 4.55 Å². The molecule has 0 bridgehead atoms. The van der Waals surface area contributed by atoms with E-state index in [1.807, 2.05) is 36.4 Å². The van der Waals surface area contributed by atoms with Gasteiger partial charge in [-0.15, -0.1) is 0 Å². The van der Waals surface area contributed by atoms with E-state index in [9.17, 15) is 4.39 Å². The maximum absolute atomic E-state index is 13.3. The van der Waals surface area contributed by atoms with Crippen molar-refractivity contribution in [2.24, 2.45) is 0 Å². The summed E-state index contributed by atoms with van der Waals surface area (Å²) in [5.74, 6) is -0.147. The average molecular weight is 236 g/mol. The van der Waals surface area contributed by atoms with Crippen molar-refractivity contribution in [3.63, 3.8) is 0 Å². The number of hydrogen-bond acceptors (Lipinski definition) is 2. The van der Waals surface area contributed by atoms with Crippen LogP contribution in [0.5, 0.6) is 0 Å². The summed E-state index contributed by atoms with van der Waals surface area (Å²) in [6, 6.07) is 15.0. The Bertz CT molecular complexity index is 443. The van der Waals surface area contributed by atoms with Crippen LogP contribution in [0.25, 0.3) is 11.1 Å². The van der Waals surface area contributed by atoms with Crippen LogP contribution in [0.15, 0.2) is 48.5 Å². The van der Waals surface area contributed by atoms with Crippen LogP contribution in [0.3, 0.4) is 0 Å². The number of benzene rings is 2. The monoisotopic (exact) mass is 236 g/mol. The quantitative estimate of drug-likeness (QED) is 0.562. The molecule has 1 nitrogen and oxygen atoms in total. The largest absolute Gasteiger partial charge is 0.333 e. The second-order valence-electron chi connectivity index (χ2n) is 3.28. The molecule has 0 saturated heterocycles. The van der Waals surface area contributed by atoms with Crippen molar-refractivity contribution < 1.29 is 8.94 Å². The Balaban J connectivity index is 0.000000606. The molecular formula is C13H13FOS. The average Bonchev–Trinajstić information content (AvgIpc) is 2.36. The third-order valence-corrected chi connectivity index (χ3v) is 2.35. The second-order valence-corrected chi connectivity index (χ2v) is 3.28. The highest BCUT2D eigenvalue weighted by Gasteiger charge is 2.04. The predicted octanol–water partition coefficient (Wildman–Crippen LogP) is 4.19. The number of hydrogen-bond donors (Lipinski definition) is 2. The minimum Gasteiger partial charge on any atom is -0.333 e. The lowest BCUT2D eigenvalue weighted by molar-refractivity contribution is 0.619. The van der Waals surface area contributed by atoms with Crippen molar-refractivity contribution in [2.75, 3.05) is 0 Å². The highest BCUT2D eigenvalue weighted by Crippen LogP contribution is 2.24. The summed E-state index contributed by atoms with van der Waals surface area (Å²) in [7, 11) is 0. The SMILES string of the molecule is Cc1c(F)cccc1-c1ccccc1.OS. The van der Waals surface area contributed by atoms with E-state index in [0.29, 0.717) is 5.56 Å². The van der Waals surface area contributed by atoms with Gasteiger partial charge in [0, 0.05) is 0 Å². The highest BCUT2D eigenvalue weighted by atomic mass is 32.1. The zero-order chi connectivity index (χ0) is 12.0. The highest BCUT2D eigenvalue weighted by molar-refractivity contribution is 7.74. The fourth-order valence-electron chi connectivity index (χ4n) is 1.54. The zero-order valence-electron chi connectivity index (χ0n) is 8.89. The Hall–Kier alpha value is -1.32. The van der Waals surface area contributed by atoms with Gasteiger partial charge < -0.3 is 4.55 Å². The van der Waals surface area contributed by atoms with E-state index >= 15 is 0 Å². The molecule has 0 saturated carbocycles. The molecule has 0 amide bonds. The van der Waals surface area contributed by atoms with E-state index < -0.39 is 0 Å². The first-order valence-corrected chi connectivity index (χ1v) is 5.19. The standard InChI is InChI=1S/C13H11F.H2OS/c1-10-12(8-5-9-13(10)14)11-6-3-2-4-7-11;1-2/h2-9H,1H3;1-2H. The van der Waals surface area contributed by atoms with E-state index in [4.69, 9.17) is 4.55 Å². The van der Waals surface area contributed by atoms with Gasteiger partial charge in [-0.25, -0.2) is 4.39 Å². The van der Waals surface area contributed by atoms with Crippen molar-refractivity contribution in [1.29, 1.82) is 0 Å². The Morgan fingerprint density at radius 2 is 1.56 bits per heavy atom. The second kappa shape index (κ2) is 6.30. The third kappa shape index (κ3) is 2.84. The summed E-state index contributed by atoms with van der Waals surface area (Å²) in [5, 5.41) is 0. The molecule has 0 spiro atoms. The van der Waals surface area contributed by atoms with E-state index in [-0.39, 0.29) is 5.82 Å². The topological polar surface area (TPSA) is 20.2 Å². The van der Waals surface area contributed by atoms with Crippen LogP contribution < -0.4 is 0 Å². The van der Waals surface area contributed by atoms with Gasteiger partial charge in [-0.05, 0) is 42.6 Å². The molecule has 0 aromatic heterocycles. The molecular weight excluding hydrogens is 223 g/mol. The lowest BCUT2D eigenvalue weighted by atomic mass is 10.0. The van der Waals surface area contributed by atoms with E-state index in [1.165, 1.54) is 6.07 Å². The van der Waals surface area contributed by atoms with Gasteiger partial charge in [0.1, 0.15) is 5.82 Å². The van der Waals surface area contributed by atoms with Crippen LogP contribution >= 0.6 is 12.9 Å². The molecule has 0 heterocycles. The number of thiol groups is 1. The Morgan fingerprint density at radius 3 is 2.19 bits per heavy atom. The summed E-state index contributed by atoms with van der Waals surface area (Å²) >= 11 is 2.53. The Labute approximate surface area is 100 Å². The Morgan fingerprint density at radius 1 is 0.938 bits per heavy atom. The van der Waals surface area contributed by atoms with Gasteiger partial charge >= 0.3 is 0 Å². The van der Waals surface area contributed by atoms with E-state index in [2.05, 4.69) is 12.9 Å². The molecule has 2 rings (SSSR count). The third-order valence-electron chi connectivity index (χ3n) is 2.35. The normalized spacial score (nSPS) is 9.25. The number of rotatable bonds is 1. The first kappa shape index (κ1) is 12.7. The van der Waals surface area contributed by atoms with Gasteiger partial charge in [0.2, 0.25) is 0 Å². The molecule has 16 heavy (non-hydrogen) atoms. The van der Waals surface area contributed by atoms with Crippen LogP contribution in [-0.2, 0) is 0 Å². The molecule has 84 valence electrons. The maximum atomic E-state index is 13.3. The van der Waals surface area contributed by atoms with Crippen LogP contribution in [0, 0.1) is 12.7 Å². The zero-order valence-corrected chi connectivity index (χ0v) is 9.79. The smallest absolute Gasteiger partial charge is 0.126 e. The van der Waals surface area contributed by atoms with Crippen LogP contribution in [0.1, 0.15) is 5.56 Å². The van der Waals surface area contributed by atoms with Gasteiger partial charge in [-0.1, -0.05) is 42.5 Å². The van der Waals surface area contributed by atoms with Crippen LogP contribution in [0.4, 0.5) is 4.39 Å². The van der Waals surface area contributed by atoms with Gasteiger partial charge in [-0.2, -0.15) is 0 Å². The number of halogens is 1. The molecule has 0 unspecified atom stereocenters. The molecule has 3 heteroatoms. The first-order valence-electron chi connectivity index (χ1n) is 4.79. The van der Waals surface area contributed by atoms with E-state index in [1.54, 1.807) is 13.0 Å². The minimum absolute atomic E-state index is 0.147. The molecule has 2 aromatic carbocycles. The van der Waals surface area contributed by atoms with Crippen molar-refractivity contribution >= 4 is 12.9 Å². The fraction of sp³-hybridized carbons (Fsp3) is 0.0769. The van der Waals surface area contributed by atoms with Crippen molar-refractivity contribution in [1.82, 2.24) is 0 Å². The molecule has 0 aliphatic rings. The molecule has 0 aliphatic carbocycles. The molecule has 0 atom stereocenters. The van der Waals surface area contributed by atoms with Gasteiger partial charge in [0.05, 0.1) is 0 Å². The molecule has 2 aromatic rings. The Kier molecular flexibility index (Phi) is 5.02. The molecule has 0 fully saturated rings. The van der Waals surface area contributed by atoms with Gasteiger partial charge in [-0.3, -0.25) is 0 Å². The van der Waals surface area contributed by atoms with Crippen LogP contribution in [0.2, 0.25) is 0 Å². The van der Waals surface area contributed by atoms with Crippen molar-refractivity contribution in [2.45, 2.75) is 6.92 Å². The van der Waals surface area contributed by atoms with E-state index in [0.717, 1.165) is 11.1 Å². The summed E-state index contributed by atoms with van der Waals surface area (Å²) in [5.41, 5.74) is 2.73. The summed E-state index contributed by atoms with van der Waals surface area (Å²) < 4.78 is 20.0. The lowest BCUT2D eigenvalue weighted by Gasteiger charge is -2.05. The summed E-state index contributed by atoms with van der Waals surface area (Å²) in [6.07, 6.45) is 0. The summed E-state index contributed by atoms with van der Waals surface area (Å²) in [6.45, 7) is 1.80. The summed E-state index contributed by atoms with van der Waals surface area (Å²) in [4.78, 5) is 0. The molecule has 0 radical (unpaired) electrons. The first-order chi connectivity index (χ1) is 7.79. The fourth-order valence-corrected chi connectivity index (χ4v) is 1.54. The molecule has 1 N–H and O–H groups in total. The minimum atomic E-state index is -0.147. The van der Waals surface area contributed by atoms with Crippen molar-refractivity contribution in [3.05, 3.63) is 59.9 Å². The van der Waals surface area contributed by atoms with Gasteiger partial charge in [0.25, 0.3) is 0 Å².